The van der Waals surface area contributed by atoms with Gasteiger partial charge in [-0.05, 0) is 12.8 Å². The zero-order chi connectivity index (χ0) is 14.8. The molecule has 1 saturated heterocycles. The highest BCUT2D eigenvalue weighted by molar-refractivity contribution is 5.96. The maximum atomic E-state index is 12.3. The molecule has 21 heavy (non-hydrogen) atoms. The molecule has 0 spiro atoms. The molecule has 114 valence electrons. The van der Waals surface area contributed by atoms with E-state index in [0.717, 1.165) is 19.4 Å². The van der Waals surface area contributed by atoms with Gasteiger partial charge in [0.25, 0.3) is 5.69 Å². The van der Waals surface area contributed by atoms with Gasteiger partial charge in [0, 0.05) is 18.7 Å². The lowest BCUT2D eigenvalue weighted by Crippen LogP contribution is -2.53. The number of fused-ring (bicyclic) bond motifs is 1. The molecule has 1 aromatic heterocycles. The van der Waals surface area contributed by atoms with Crippen molar-refractivity contribution < 1.29 is 14.5 Å². The molecule has 7 nitrogen and oxygen atoms in total. The Morgan fingerprint density at radius 2 is 2.29 bits per heavy atom. The molecule has 2 aliphatic rings. The lowest BCUT2D eigenvalue weighted by molar-refractivity contribution is -0.384. The Morgan fingerprint density at radius 3 is 3.05 bits per heavy atom. The van der Waals surface area contributed by atoms with Crippen molar-refractivity contribution in [1.82, 2.24) is 9.88 Å². The number of H-pyrrole nitrogens is 1. The smallest absolute Gasteiger partial charge is 0.287 e. The number of carbonyl (C=O) groups excluding carboxylic acids is 1. The molecule has 1 saturated carbocycles. The number of aromatic amines is 1. The summed E-state index contributed by atoms with van der Waals surface area (Å²) in [6.45, 7) is 1.69. The zero-order valence-electron chi connectivity index (χ0n) is 11.8. The summed E-state index contributed by atoms with van der Waals surface area (Å²) in [7, 11) is 0. The first kappa shape index (κ1) is 14.2. The van der Waals surface area contributed by atoms with Gasteiger partial charge in [-0.1, -0.05) is 12.8 Å². The number of nitro groups is 1. The van der Waals surface area contributed by atoms with Crippen molar-refractivity contribution in [2.24, 2.45) is 0 Å². The third-order valence-corrected chi connectivity index (χ3v) is 4.37. The van der Waals surface area contributed by atoms with Gasteiger partial charge in [0.15, 0.2) is 5.78 Å². The van der Waals surface area contributed by atoms with Gasteiger partial charge in [0.2, 0.25) is 0 Å². The monoisotopic (exact) mass is 293 g/mol. The Hall–Kier alpha value is -1.73. The van der Waals surface area contributed by atoms with Crippen LogP contribution in [0.4, 0.5) is 5.69 Å². The van der Waals surface area contributed by atoms with Crippen LogP contribution in [0.1, 0.15) is 36.2 Å². The molecule has 2 fully saturated rings. The highest BCUT2D eigenvalue weighted by Crippen LogP contribution is 2.28. The number of Topliss-reactive ketones (excluding diaryl/α,β-unsaturated/α-hetero) is 1. The summed E-state index contributed by atoms with van der Waals surface area (Å²) in [6.07, 6.45) is 5.97. The normalized spacial score (nSPS) is 26.3. The maximum Gasteiger partial charge on any atom is 0.287 e. The van der Waals surface area contributed by atoms with Crippen molar-refractivity contribution in [2.45, 2.75) is 37.8 Å². The Kier molecular flexibility index (Phi) is 4.03. The van der Waals surface area contributed by atoms with Crippen molar-refractivity contribution in [3.05, 3.63) is 28.1 Å². The highest BCUT2D eigenvalue weighted by Gasteiger charge is 2.35. The van der Waals surface area contributed by atoms with Crippen LogP contribution >= 0.6 is 0 Å². The van der Waals surface area contributed by atoms with E-state index in [1.165, 1.54) is 25.1 Å². The van der Waals surface area contributed by atoms with E-state index in [1.807, 2.05) is 0 Å². The van der Waals surface area contributed by atoms with E-state index >= 15 is 0 Å². The second-order valence-electron chi connectivity index (χ2n) is 5.68. The molecule has 0 amide bonds. The summed E-state index contributed by atoms with van der Waals surface area (Å²) in [5.41, 5.74) is 0.233. The number of morpholine rings is 1. The molecule has 0 aromatic carbocycles. The second kappa shape index (κ2) is 5.95. The fourth-order valence-corrected chi connectivity index (χ4v) is 3.29. The topological polar surface area (TPSA) is 88.5 Å². The number of nitrogens with zero attached hydrogens (tertiary/aromatic N) is 2. The van der Waals surface area contributed by atoms with Crippen LogP contribution in [-0.4, -0.2) is 52.4 Å². The summed E-state index contributed by atoms with van der Waals surface area (Å²) in [4.78, 5) is 27.3. The van der Waals surface area contributed by atoms with Crippen LogP contribution in [0, 0.1) is 10.1 Å². The quantitative estimate of drug-likeness (QED) is 0.519. The van der Waals surface area contributed by atoms with Crippen LogP contribution in [0.25, 0.3) is 0 Å². The average Bonchev–Trinajstić information content (AvgIpc) is 2.98. The van der Waals surface area contributed by atoms with Gasteiger partial charge in [0.1, 0.15) is 0 Å². The molecule has 2 unspecified atom stereocenters. The Morgan fingerprint density at radius 1 is 1.48 bits per heavy atom. The molecular formula is C14H19N3O4. The van der Waals surface area contributed by atoms with E-state index in [4.69, 9.17) is 4.74 Å². The van der Waals surface area contributed by atoms with Crippen LogP contribution < -0.4 is 0 Å². The number of hydrogen-bond donors (Lipinski definition) is 1. The molecule has 3 rings (SSSR count). The van der Waals surface area contributed by atoms with Gasteiger partial charge in [0.05, 0.1) is 36.1 Å². The van der Waals surface area contributed by atoms with E-state index in [9.17, 15) is 14.9 Å². The number of ketones is 1. The zero-order valence-corrected chi connectivity index (χ0v) is 11.8. The fourth-order valence-electron chi connectivity index (χ4n) is 3.29. The molecule has 7 heteroatoms. The van der Waals surface area contributed by atoms with Crippen LogP contribution in [0.5, 0.6) is 0 Å². The molecule has 0 radical (unpaired) electrons. The third-order valence-electron chi connectivity index (χ3n) is 4.37. The Labute approximate surface area is 122 Å². The van der Waals surface area contributed by atoms with E-state index in [1.54, 1.807) is 0 Å². The summed E-state index contributed by atoms with van der Waals surface area (Å²) < 4.78 is 5.78. The van der Waals surface area contributed by atoms with Crippen LogP contribution in [0.15, 0.2) is 12.3 Å². The van der Waals surface area contributed by atoms with E-state index in [0.29, 0.717) is 24.9 Å². The predicted molar refractivity (Wildman–Crippen MR) is 75.3 cm³/mol. The molecule has 1 aliphatic carbocycles. The lowest BCUT2D eigenvalue weighted by atomic mass is 9.90. The van der Waals surface area contributed by atoms with E-state index in [2.05, 4.69) is 9.88 Å². The standard InChI is InChI=1S/C14H19N3O4/c18-13(11-7-10(8-15-11)17(19)20)9-16-5-6-21-14-4-2-1-3-12(14)16/h7-8,12,14-15H,1-6,9H2. The molecular weight excluding hydrogens is 274 g/mol. The number of aromatic nitrogens is 1. The Balaban J connectivity index is 1.66. The van der Waals surface area contributed by atoms with Gasteiger partial charge in [-0.15, -0.1) is 0 Å². The Bertz CT molecular complexity index is 540. The first-order valence-electron chi connectivity index (χ1n) is 7.37. The van der Waals surface area contributed by atoms with Crippen molar-refractivity contribution in [1.29, 1.82) is 0 Å². The molecule has 2 atom stereocenters. The van der Waals surface area contributed by atoms with Gasteiger partial charge >= 0.3 is 0 Å². The number of ether oxygens (including phenoxy) is 1. The van der Waals surface area contributed by atoms with Crippen LogP contribution in [0.2, 0.25) is 0 Å². The fraction of sp³-hybridized carbons (Fsp3) is 0.643. The highest BCUT2D eigenvalue weighted by atomic mass is 16.6. The molecule has 1 aliphatic heterocycles. The molecule has 0 bridgehead atoms. The number of nitrogens with one attached hydrogen (secondary N) is 1. The third kappa shape index (κ3) is 2.98. The largest absolute Gasteiger partial charge is 0.375 e. The average molecular weight is 293 g/mol. The van der Waals surface area contributed by atoms with Gasteiger partial charge in [-0.2, -0.15) is 0 Å². The van der Waals surface area contributed by atoms with Gasteiger partial charge < -0.3 is 9.72 Å². The molecule has 1 aromatic rings. The number of carbonyl (C=O) groups is 1. The molecule has 1 N–H and O–H groups in total. The lowest BCUT2D eigenvalue weighted by Gasteiger charge is -2.43. The summed E-state index contributed by atoms with van der Waals surface area (Å²) >= 11 is 0. The SMILES string of the molecule is O=C(CN1CCOC2CCCCC21)c1cc([N+](=O)[O-])c[nH]1. The molecule has 2 heterocycles. The minimum absolute atomic E-state index is 0.0733. The maximum absolute atomic E-state index is 12.3. The number of hydrogen-bond acceptors (Lipinski definition) is 5. The number of rotatable bonds is 4. The van der Waals surface area contributed by atoms with Crippen molar-refractivity contribution >= 4 is 11.5 Å². The van der Waals surface area contributed by atoms with Gasteiger partial charge in [-0.25, -0.2) is 0 Å². The second-order valence-corrected chi connectivity index (χ2v) is 5.68. The van der Waals surface area contributed by atoms with Crippen LogP contribution in [-0.2, 0) is 4.74 Å². The minimum Gasteiger partial charge on any atom is -0.375 e. The summed E-state index contributed by atoms with van der Waals surface area (Å²) in [5, 5.41) is 10.7. The first-order chi connectivity index (χ1) is 10.1. The van der Waals surface area contributed by atoms with Crippen molar-refractivity contribution in [3.63, 3.8) is 0 Å². The minimum atomic E-state index is -0.501. The van der Waals surface area contributed by atoms with Crippen LogP contribution in [0.3, 0.4) is 0 Å². The van der Waals surface area contributed by atoms with E-state index < -0.39 is 4.92 Å². The predicted octanol–water partition coefficient (Wildman–Crippen LogP) is 1.75. The summed E-state index contributed by atoms with van der Waals surface area (Å²) in [5.74, 6) is -0.102. The van der Waals surface area contributed by atoms with Crippen molar-refractivity contribution in [2.75, 3.05) is 19.7 Å². The summed E-state index contributed by atoms with van der Waals surface area (Å²) in [6, 6.07) is 1.61. The van der Waals surface area contributed by atoms with Gasteiger partial charge in [-0.3, -0.25) is 19.8 Å². The van der Waals surface area contributed by atoms with E-state index in [-0.39, 0.29) is 17.6 Å². The van der Waals surface area contributed by atoms with Crippen molar-refractivity contribution in [3.8, 4) is 0 Å². The first-order valence-corrected chi connectivity index (χ1v) is 7.37.